The Hall–Kier alpha value is -4.34. The van der Waals surface area contributed by atoms with Gasteiger partial charge in [0.15, 0.2) is 4.80 Å². The number of ether oxygens (including phenoxy) is 1. The summed E-state index contributed by atoms with van der Waals surface area (Å²) >= 11 is 4.79. The minimum absolute atomic E-state index is 0.142. The number of fused-ring (bicyclic) bond motifs is 1. The van der Waals surface area contributed by atoms with E-state index in [1.807, 2.05) is 61.5 Å². The van der Waals surface area contributed by atoms with E-state index >= 15 is 0 Å². The molecule has 0 spiro atoms. The number of rotatable bonds is 6. The normalized spacial score (nSPS) is 15.0. The van der Waals surface area contributed by atoms with Gasteiger partial charge >= 0.3 is 5.97 Å². The maximum atomic E-state index is 14.0. The molecule has 0 radical (unpaired) electrons. The fraction of sp³-hybridized carbons (Fsp3) is 0.121. The quantitative estimate of drug-likeness (QED) is 0.201. The van der Waals surface area contributed by atoms with Crippen LogP contribution in [0, 0.1) is 12.7 Å². The zero-order valence-corrected chi connectivity index (χ0v) is 25.0. The Labute approximate surface area is 252 Å². The van der Waals surface area contributed by atoms with Gasteiger partial charge in [0.2, 0.25) is 0 Å². The molecular formula is C33H24BrFN2O4S. The van der Waals surface area contributed by atoms with Crippen molar-refractivity contribution in [3.05, 3.63) is 143 Å². The highest BCUT2D eigenvalue weighted by molar-refractivity contribution is 9.10. The van der Waals surface area contributed by atoms with Crippen molar-refractivity contribution in [2.75, 3.05) is 6.61 Å². The molecule has 0 fully saturated rings. The van der Waals surface area contributed by atoms with E-state index in [1.165, 1.54) is 28.0 Å². The van der Waals surface area contributed by atoms with E-state index < -0.39 is 17.8 Å². The van der Waals surface area contributed by atoms with E-state index in [9.17, 15) is 14.0 Å². The second-order valence-corrected chi connectivity index (χ2v) is 11.5. The summed E-state index contributed by atoms with van der Waals surface area (Å²) in [4.78, 5) is 32.7. The number of thiazole rings is 1. The highest BCUT2D eigenvalue weighted by atomic mass is 79.9. The molecule has 6 nitrogen and oxygen atoms in total. The van der Waals surface area contributed by atoms with E-state index in [4.69, 9.17) is 14.1 Å². The molecule has 6 rings (SSSR count). The third-order valence-corrected chi connectivity index (χ3v) is 8.49. The average molecular weight is 644 g/mol. The monoisotopic (exact) mass is 642 g/mol. The summed E-state index contributed by atoms with van der Waals surface area (Å²) in [5.74, 6) is 0.128. The van der Waals surface area contributed by atoms with Crippen molar-refractivity contribution in [1.29, 1.82) is 0 Å². The van der Waals surface area contributed by atoms with Crippen LogP contribution in [0.5, 0.6) is 0 Å². The number of aryl methyl sites for hydroxylation is 1. The van der Waals surface area contributed by atoms with E-state index in [1.54, 1.807) is 31.2 Å². The fourth-order valence-electron chi connectivity index (χ4n) is 4.93. The van der Waals surface area contributed by atoms with Crippen molar-refractivity contribution >= 4 is 45.0 Å². The molecule has 9 heteroatoms. The molecule has 1 atom stereocenters. The van der Waals surface area contributed by atoms with Gasteiger partial charge in [-0.2, -0.15) is 0 Å². The van der Waals surface area contributed by atoms with Crippen LogP contribution < -0.4 is 14.9 Å². The third kappa shape index (κ3) is 5.21. The first kappa shape index (κ1) is 27.8. The molecule has 1 aliphatic heterocycles. The largest absolute Gasteiger partial charge is 0.463 e. The van der Waals surface area contributed by atoms with E-state index in [0.29, 0.717) is 37.7 Å². The highest BCUT2D eigenvalue weighted by Gasteiger charge is 2.35. The Morgan fingerprint density at radius 2 is 1.86 bits per heavy atom. The molecule has 5 aromatic rings. The van der Waals surface area contributed by atoms with Gasteiger partial charge in [0, 0.05) is 21.7 Å². The van der Waals surface area contributed by atoms with Crippen molar-refractivity contribution in [2.24, 2.45) is 4.99 Å². The summed E-state index contributed by atoms with van der Waals surface area (Å²) in [7, 11) is 0. The van der Waals surface area contributed by atoms with E-state index in [-0.39, 0.29) is 17.7 Å². The van der Waals surface area contributed by atoms with Gasteiger partial charge in [-0.1, -0.05) is 75.8 Å². The second kappa shape index (κ2) is 11.5. The maximum absolute atomic E-state index is 14.0. The molecular weight excluding hydrogens is 619 g/mol. The first-order valence-electron chi connectivity index (χ1n) is 13.2. The number of benzene rings is 3. The number of esters is 1. The SMILES string of the molecule is CCOC(=O)C1=C(c2ccccc2)N=c2s/c(=C/c3ccc(-c4ccc(C)cc4Br)o3)c(=O)n2C1c1ccc(F)cc1. The molecule has 0 saturated heterocycles. The highest BCUT2D eigenvalue weighted by Crippen LogP contribution is 2.35. The molecule has 3 heterocycles. The molecule has 1 aliphatic rings. The summed E-state index contributed by atoms with van der Waals surface area (Å²) in [6, 6.07) is 23.8. The predicted octanol–water partition coefficient (Wildman–Crippen LogP) is 6.41. The zero-order valence-electron chi connectivity index (χ0n) is 22.6. The number of hydrogen-bond donors (Lipinski definition) is 0. The minimum Gasteiger partial charge on any atom is -0.463 e. The molecule has 210 valence electrons. The molecule has 2 aromatic heterocycles. The Morgan fingerprint density at radius 3 is 2.57 bits per heavy atom. The Morgan fingerprint density at radius 1 is 1.10 bits per heavy atom. The predicted molar refractivity (Wildman–Crippen MR) is 164 cm³/mol. The fourth-order valence-corrected chi connectivity index (χ4v) is 6.59. The lowest BCUT2D eigenvalue weighted by molar-refractivity contribution is -0.138. The second-order valence-electron chi connectivity index (χ2n) is 9.67. The lowest BCUT2D eigenvalue weighted by Crippen LogP contribution is -2.40. The lowest BCUT2D eigenvalue weighted by Gasteiger charge is -2.25. The number of furan rings is 1. The molecule has 0 amide bonds. The Balaban J connectivity index is 1.55. The standard InChI is InChI=1S/C33H24BrFN2O4S/c1-3-40-32(39)28-29(20-7-5-4-6-8-20)36-33-37(30(28)21-10-12-22(35)13-11-21)31(38)27(42-33)18-23-14-16-26(41-23)24-15-9-19(2)17-25(24)34/h4-18,30H,3H2,1-2H3/b27-18+. The summed E-state index contributed by atoms with van der Waals surface area (Å²) < 4.78 is 28.3. The molecule has 0 saturated carbocycles. The maximum Gasteiger partial charge on any atom is 0.338 e. The van der Waals surface area contributed by atoms with Crippen molar-refractivity contribution in [1.82, 2.24) is 4.57 Å². The van der Waals surface area contributed by atoms with Crippen LogP contribution in [0.1, 0.15) is 35.4 Å². The summed E-state index contributed by atoms with van der Waals surface area (Å²) in [5, 5.41) is 0. The topological polar surface area (TPSA) is 73.8 Å². The number of halogens is 2. The molecule has 42 heavy (non-hydrogen) atoms. The van der Waals surface area contributed by atoms with Crippen molar-refractivity contribution in [2.45, 2.75) is 19.9 Å². The van der Waals surface area contributed by atoms with Crippen LogP contribution in [0.4, 0.5) is 4.39 Å². The number of hydrogen-bond acceptors (Lipinski definition) is 6. The summed E-state index contributed by atoms with van der Waals surface area (Å²) in [5.41, 5.74) is 3.52. The van der Waals surface area contributed by atoms with Gasteiger partial charge in [0.1, 0.15) is 17.3 Å². The van der Waals surface area contributed by atoms with Gasteiger partial charge in [-0.25, -0.2) is 14.2 Å². The van der Waals surface area contributed by atoms with Crippen LogP contribution in [0.15, 0.2) is 109 Å². The number of carbonyl (C=O) groups is 1. The Bertz CT molecular complexity index is 2020. The van der Waals surface area contributed by atoms with Gasteiger partial charge in [0.25, 0.3) is 5.56 Å². The van der Waals surface area contributed by atoms with Crippen LogP contribution in [-0.2, 0) is 9.53 Å². The first-order valence-corrected chi connectivity index (χ1v) is 14.9. The Kier molecular flexibility index (Phi) is 7.62. The van der Waals surface area contributed by atoms with Gasteiger partial charge in [0.05, 0.1) is 28.5 Å². The average Bonchev–Trinajstić information content (AvgIpc) is 3.57. The van der Waals surface area contributed by atoms with Crippen LogP contribution >= 0.6 is 27.3 Å². The van der Waals surface area contributed by atoms with Crippen LogP contribution in [0.2, 0.25) is 0 Å². The summed E-state index contributed by atoms with van der Waals surface area (Å²) in [6.45, 7) is 3.87. The molecule has 0 bridgehead atoms. The molecule has 3 aromatic carbocycles. The molecule has 0 N–H and O–H groups in total. The molecule has 1 unspecified atom stereocenters. The number of nitrogens with zero attached hydrogens (tertiary/aromatic N) is 2. The van der Waals surface area contributed by atoms with E-state index in [2.05, 4.69) is 15.9 Å². The van der Waals surface area contributed by atoms with Crippen LogP contribution in [0.3, 0.4) is 0 Å². The van der Waals surface area contributed by atoms with Crippen molar-refractivity contribution in [3.63, 3.8) is 0 Å². The molecule has 0 aliphatic carbocycles. The van der Waals surface area contributed by atoms with Gasteiger partial charge in [-0.15, -0.1) is 0 Å². The van der Waals surface area contributed by atoms with Gasteiger partial charge in [-0.3, -0.25) is 9.36 Å². The lowest BCUT2D eigenvalue weighted by atomic mass is 9.93. The minimum atomic E-state index is -0.881. The number of aromatic nitrogens is 1. The van der Waals surface area contributed by atoms with Gasteiger partial charge in [-0.05, 0) is 61.4 Å². The van der Waals surface area contributed by atoms with Gasteiger partial charge < -0.3 is 9.15 Å². The summed E-state index contributed by atoms with van der Waals surface area (Å²) in [6.07, 6.45) is 1.67. The first-order chi connectivity index (χ1) is 20.3. The van der Waals surface area contributed by atoms with Crippen molar-refractivity contribution < 1.29 is 18.3 Å². The van der Waals surface area contributed by atoms with Crippen LogP contribution in [-0.4, -0.2) is 17.1 Å². The van der Waals surface area contributed by atoms with Crippen molar-refractivity contribution in [3.8, 4) is 11.3 Å². The zero-order chi connectivity index (χ0) is 29.4. The van der Waals surface area contributed by atoms with E-state index in [0.717, 1.165) is 15.6 Å². The third-order valence-electron chi connectivity index (χ3n) is 6.85. The van der Waals surface area contributed by atoms with Crippen LogP contribution in [0.25, 0.3) is 23.1 Å². The smallest absolute Gasteiger partial charge is 0.338 e. The number of carbonyl (C=O) groups excluding carboxylic acids is 1.